The number of hydrogen-bond donors (Lipinski definition) is 2. The summed E-state index contributed by atoms with van der Waals surface area (Å²) in [6, 6.07) is 5.14. The Morgan fingerprint density at radius 3 is 2.72 bits per heavy atom. The van der Waals surface area contributed by atoms with Crippen LogP contribution in [0.4, 0.5) is 5.69 Å². The van der Waals surface area contributed by atoms with Crippen LogP contribution < -0.4 is 15.8 Å². The molecule has 0 aliphatic rings. The highest BCUT2D eigenvalue weighted by atomic mass is 35.5. The molecule has 102 valence electrons. The standard InChI is InChI=1S/C12H17ClN2O2.ClH/c1-3-17-11-5-4-9(6-10(11)13)15-12(16)8(2)7-14;/h4-6,8H,3,7,14H2,1-2H3,(H,15,16);1H. The summed E-state index contributed by atoms with van der Waals surface area (Å²) < 4.78 is 5.30. The normalized spacial score (nSPS) is 11.3. The number of benzene rings is 1. The summed E-state index contributed by atoms with van der Waals surface area (Å²) in [6.07, 6.45) is 0. The fraction of sp³-hybridized carbons (Fsp3) is 0.417. The number of nitrogens with two attached hydrogens (primary N) is 1. The Kier molecular flexibility index (Phi) is 7.75. The summed E-state index contributed by atoms with van der Waals surface area (Å²) in [4.78, 5) is 11.6. The Hall–Kier alpha value is -0.970. The van der Waals surface area contributed by atoms with E-state index < -0.39 is 0 Å². The summed E-state index contributed by atoms with van der Waals surface area (Å²) in [5, 5.41) is 3.22. The van der Waals surface area contributed by atoms with Gasteiger partial charge in [0.2, 0.25) is 5.91 Å². The van der Waals surface area contributed by atoms with Crippen molar-refractivity contribution >= 4 is 35.6 Å². The van der Waals surface area contributed by atoms with Gasteiger partial charge in [0.25, 0.3) is 0 Å². The lowest BCUT2D eigenvalue weighted by atomic mass is 10.1. The van der Waals surface area contributed by atoms with Crippen molar-refractivity contribution in [3.8, 4) is 5.75 Å². The second-order valence-electron chi connectivity index (χ2n) is 3.70. The molecule has 0 radical (unpaired) electrons. The van der Waals surface area contributed by atoms with Crippen molar-refractivity contribution in [2.75, 3.05) is 18.5 Å². The van der Waals surface area contributed by atoms with Crippen LogP contribution in [-0.2, 0) is 4.79 Å². The number of carbonyl (C=O) groups is 1. The zero-order valence-electron chi connectivity index (χ0n) is 10.4. The Balaban J connectivity index is 0.00000289. The van der Waals surface area contributed by atoms with Gasteiger partial charge < -0.3 is 15.8 Å². The zero-order chi connectivity index (χ0) is 12.8. The molecule has 1 amide bonds. The molecule has 0 saturated heterocycles. The first kappa shape index (κ1) is 17.0. The number of carbonyl (C=O) groups excluding carboxylic acids is 1. The van der Waals surface area contributed by atoms with Gasteiger partial charge in [-0.15, -0.1) is 12.4 Å². The number of rotatable bonds is 5. The maximum Gasteiger partial charge on any atom is 0.228 e. The number of ether oxygens (including phenoxy) is 1. The molecule has 4 nitrogen and oxygen atoms in total. The van der Waals surface area contributed by atoms with Crippen LogP contribution in [0.1, 0.15) is 13.8 Å². The molecule has 1 aromatic rings. The number of anilines is 1. The molecule has 0 aliphatic heterocycles. The van der Waals surface area contributed by atoms with Gasteiger partial charge >= 0.3 is 0 Å². The lowest BCUT2D eigenvalue weighted by molar-refractivity contribution is -0.119. The SMILES string of the molecule is CCOc1ccc(NC(=O)C(C)CN)cc1Cl.Cl. The molecule has 0 aromatic heterocycles. The van der Waals surface area contributed by atoms with Gasteiger partial charge in [-0.2, -0.15) is 0 Å². The summed E-state index contributed by atoms with van der Waals surface area (Å²) in [7, 11) is 0. The van der Waals surface area contributed by atoms with Crippen LogP contribution in [0, 0.1) is 5.92 Å². The quantitative estimate of drug-likeness (QED) is 0.877. The van der Waals surface area contributed by atoms with Crippen molar-refractivity contribution in [1.82, 2.24) is 0 Å². The molecule has 6 heteroatoms. The summed E-state index contributed by atoms with van der Waals surface area (Å²) >= 11 is 6.00. The van der Waals surface area contributed by atoms with Crippen LogP contribution in [0.2, 0.25) is 5.02 Å². The zero-order valence-corrected chi connectivity index (χ0v) is 12.0. The van der Waals surface area contributed by atoms with E-state index >= 15 is 0 Å². The van der Waals surface area contributed by atoms with E-state index in [2.05, 4.69) is 5.32 Å². The van der Waals surface area contributed by atoms with E-state index in [0.29, 0.717) is 29.6 Å². The van der Waals surface area contributed by atoms with Crippen molar-refractivity contribution in [1.29, 1.82) is 0 Å². The smallest absolute Gasteiger partial charge is 0.228 e. The minimum absolute atomic E-state index is 0. The van der Waals surface area contributed by atoms with E-state index in [0.717, 1.165) is 0 Å². The van der Waals surface area contributed by atoms with E-state index in [1.807, 2.05) is 6.92 Å². The minimum atomic E-state index is -0.222. The Morgan fingerprint density at radius 2 is 2.22 bits per heavy atom. The van der Waals surface area contributed by atoms with E-state index in [1.165, 1.54) is 0 Å². The van der Waals surface area contributed by atoms with Crippen LogP contribution in [0.5, 0.6) is 5.75 Å². The van der Waals surface area contributed by atoms with Gasteiger partial charge in [0, 0.05) is 18.2 Å². The van der Waals surface area contributed by atoms with Crippen molar-refractivity contribution in [2.24, 2.45) is 11.7 Å². The second-order valence-corrected chi connectivity index (χ2v) is 4.11. The van der Waals surface area contributed by atoms with Crippen molar-refractivity contribution in [3.63, 3.8) is 0 Å². The van der Waals surface area contributed by atoms with Crippen LogP contribution >= 0.6 is 24.0 Å². The van der Waals surface area contributed by atoms with E-state index in [4.69, 9.17) is 22.1 Å². The minimum Gasteiger partial charge on any atom is -0.492 e. The average molecular weight is 293 g/mol. The van der Waals surface area contributed by atoms with Crippen molar-refractivity contribution < 1.29 is 9.53 Å². The summed E-state index contributed by atoms with van der Waals surface area (Å²) in [5.41, 5.74) is 6.06. The molecule has 1 rings (SSSR count). The summed E-state index contributed by atoms with van der Waals surface area (Å²) in [5.74, 6) is 0.270. The predicted octanol–water partition coefficient (Wildman–Crippen LogP) is 2.69. The number of amides is 1. The number of halogens is 2. The molecule has 0 aliphatic carbocycles. The van der Waals surface area contributed by atoms with Gasteiger partial charge in [0.1, 0.15) is 5.75 Å². The van der Waals surface area contributed by atoms with Gasteiger partial charge in [-0.1, -0.05) is 18.5 Å². The molecule has 18 heavy (non-hydrogen) atoms. The van der Waals surface area contributed by atoms with Crippen LogP contribution in [0.25, 0.3) is 0 Å². The van der Waals surface area contributed by atoms with E-state index in [-0.39, 0.29) is 24.2 Å². The third-order valence-electron chi connectivity index (χ3n) is 2.30. The monoisotopic (exact) mass is 292 g/mol. The van der Waals surface area contributed by atoms with Gasteiger partial charge in [-0.3, -0.25) is 4.79 Å². The maximum absolute atomic E-state index is 11.6. The largest absolute Gasteiger partial charge is 0.492 e. The first-order valence-corrected chi connectivity index (χ1v) is 5.89. The second kappa shape index (κ2) is 8.19. The fourth-order valence-corrected chi connectivity index (χ4v) is 1.46. The molecule has 1 atom stereocenters. The highest BCUT2D eigenvalue weighted by molar-refractivity contribution is 6.32. The average Bonchev–Trinajstić information content (AvgIpc) is 2.31. The molecule has 1 unspecified atom stereocenters. The van der Waals surface area contributed by atoms with Gasteiger partial charge in [-0.05, 0) is 25.1 Å². The molecule has 0 spiro atoms. The fourth-order valence-electron chi connectivity index (χ4n) is 1.22. The third kappa shape index (κ3) is 4.72. The molecule has 3 N–H and O–H groups in total. The number of nitrogens with one attached hydrogen (secondary N) is 1. The van der Waals surface area contributed by atoms with Gasteiger partial charge in [0.15, 0.2) is 0 Å². The van der Waals surface area contributed by atoms with Gasteiger partial charge in [0.05, 0.1) is 11.6 Å². The van der Waals surface area contributed by atoms with E-state index in [9.17, 15) is 4.79 Å². The van der Waals surface area contributed by atoms with Crippen LogP contribution in [-0.4, -0.2) is 19.1 Å². The number of hydrogen-bond acceptors (Lipinski definition) is 3. The predicted molar refractivity (Wildman–Crippen MR) is 76.7 cm³/mol. The highest BCUT2D eigenvalue weighted by Gasteiger charge is 2.11. The third-order valence-corrected chi connectivity index (χ3v) is 2.60. The van der Waals surface area contributed by atoms with Crippen molar-refractivity contribution in [3.05, 3.63) is 23.2 Å². The Labute approximate surface area is 118 Å². The molecule has 0 fully saturated rings. The summed E-state index contributed by atoms with van der Waals surface area (Å²) in [6.45, 7) is 4.52. The molecular weight excluding hydrogens is 275 g/mol. The molecule has 0 saturated carbocycles. The maximum atomic E-state index is 11.6. The highest BCUT2D eigenvalue weighted by Crippen LogP contribution is 2.27. The topological polar surface area (TPSA) is 64.3 Å². The lowest BCUT2D eigenvalue weighted by Gasteiger charge is -2.11. The first-order chi connectivity index (χ1) is 8.08. The lowest BCUT2D eigenvalue weighted by Crippen LogP contribution is -2.26. The Bertz CT molecular complexity index is 400. The molecular formula is C12H18Cl2N2O2. The Morgan fingerprint density at radius 1 is 1.56 bits per heavy atom. The molecule has 1 aromatic carbocycles. The van der Waals surface area contributed by atoms with Crippen LogP contribution in [0.15, 0.2) is 18.2 Å². The van der Waals surface area contributed by atoms with Gasteiger partial charge in [-0.25, -0.2) is 0 Å². The van der Waals surface area contributed by atoms with E-state index in [1.54, 1.807) is 25.1 Å². The van der Waals surface area contributed by atoms with Crippen LogP contribution in [0.3, 0.4) is 0 Å². The molecule has 0 heterocycles. The van der Waals surface area contributed by atoms with Crippen molar-refractivity contribution in [2.45, 2.75) is 13.8 Å². The first-order valence-electron chi connectivity index (χ1n) is 5.51. The molecule has 0 bridgehead atoms.